The molecule has 0 aliphatic carbocycles. The Kier molecular flexibility index (Phi) is 3.46. The highest BCUT2D eigenvalue weighted by atomic mass is 19.1. The van der Waals surface area contributed by atoms with E-state index in [-0.39, 0.29) is 11.4 Å². The monoisotopic (exact) mass is 262 g/mol. The number of aromatic nitrogens is 2. The van der Waals surface area contributed by atoms with Gasteiger partial charge in [-0.25, -0.2) is 23.9 Å². The molecule has 2 aromatic rings. The second-order valence-corrected chi connectivity index (χ2v) is 3.42. The number of aromatic carboxylic acids is 1. The number of esters is 1. The van der Waals surface area contributed by atoms with Crippen LogP contribution in [0.4, 0.5) is 4.39 Å². The molecule has 1 heterocycles. The first kappa shape index (κ1) is 12.6. The Morgan fingerprint density at radius 3 is 2.74 bits per heavy atom. The average Bonchev–Trinajstić information content (AvgIpc) is 2.39. The third kappa shape index (κ3) is 3.09. The van der Waals surface area contributed by atoms with Crippen LogP contribution >= 0.6 is 0 Å². The van der Waals surface area contributed by atoms with Gasteiger partial charge >= 0.3 is 11.9 Å². The van der Waals surface area contributed by atoms with Gasteiger partial charge in [-0.15, -0.1) is 0 Å². The van der Waals surface area contributed by atoms with Crippen molar-refractivity contribution in [1.29, 1.82) is 0 Å². The van der Waals surface area contributed by atoms with Crippen molar-refractivity contribution >= 4 is 11.9 Å². The van der Waals surface area contributed by atoms with Crippen molar-refractivity contribution in [3.63, 3.8) is 0 Å². The predicted molar refractivity (Wildman–Crippen MR) is 60.3 cm³/mol. The number of carboxylic acid groups (broad SMARTS) is 1. The largest absolute Gasteiger partial charge is 0.475 e. The molecule has 0 amide bonds. The van der Waals surface area contributed by atoms with Gasteiger partial charge in [-0.3, -0.25) is 0 Å². The summed E-state index contributed by atoms with van der Waals surface area (Å²) >= 11 is 0. The number of carboxylic acids is 1. The molecule has 96 valence electrons. The lowest BCUT2D eigenvalue weighted by molar-refractivity contribution is 0.0682. The first-order valence-electron chi connectivity index (χ1n) is 5.10. The highest BCUT2D eigenvalue weighted by Gasteiger charge is 2.14. The molecular weight excluding hydrogens is 255 g/mol. The van der Waals surface area contributed by atoms with Crippen molar-refractivity contribution in [2.24, 2.45) is 0 Å². The first-order chi connectivity index (χ1) is 9.06. The van der Waals surface area contributed by atoms with Crippen LogP contribution in [0, 0.1) is 5.82 Å². The molecule has 0 saturated heterocycles. The molecule has 0 unspecified atom stereocenters. The van der Waals surface area contributed by atoms with E-state index in [0.29, 0.717) is 0 Å². The molecule has 1 aromatic heterocycles. The number of carbonyl (C=O) groups excluding carboxylic acids is 1. The van der Waals surface area contributed by atoms with Crippen LogP contribution in [0.2, 0.25) is 0 Å². The average molecular weight is 262 g/mol. The summed E-state index contributed by atoms with van der Waals surface area (Å²) in [4.78, 5) is 29.3. The maximum absolute atomic E-state index is 12.9. The normalized spacial score (nSPS) is 9.95. The smallest absolute Gasteiger partial charge is 0.373 e. The number of halogens is 1. The summed E-state index contributed by atoms with van der Waals surface area (Å²) in [5.41, 5.74) is -0.225. The summed E-state index contributed by atoms with van der Waals surface area (Å²) in [6.07, 6.45) is 1.12. The molecule has 0 radical (unpaired) electrons. The fourth-order valence-electron chi connectivity index (χ4n) is 1.27. The van der Waals surface area contributed by atoms with Gasteiger partial charge < -0.3 is 9.84 Å². The van der Waals surface area contributed by atoms with Crippen molar-refractivity contribution in [3.05, 3.63) is 53.9 Å². The lowest BCUT2D eigenvalue weighted by atomic mass is 10.3. The number of rotatable bonds is 3. The predicted octanol–water partition coefficient (Wildman–Crippen LogP) is 1.53. The number of benzene rings is 1. The van der Waals surface area contributed by atoms with Crippen molar-refractivity contribution < 1.29 is 23.8 Å². The van der Waals surface area contributed by atoms with E-state index in [1.54, 1.807) is 0 Å². The Morgan fingerprint density at radius 2 is 2.05 bits per heavy atom. The molecule has 6 nitrogen and oxygen atoms in total. The van der Waals surface area contributed by atoms with Crippen LogP contribution in [0.25, 0.3) is 0 Å². The van der Waals surface area contributed by atoms with Gasteiger partial charge in [0.1, 0.15) is 11.6 Å². The van der Waals surface area contributed by atoms with Crippen molar-refractivity contribution in [1.82, 2.24) is 9.97 Å². The molecular formula is C12H7FN2O4. The molecule has 0 aliphatic heterocycles. The van der Waals surface area contributed by atoms with Crippen LogP contribution in [0.3, 0.4) is 0 Å². The number of carbonyl (C=O) groups is 2. The number of hydrogen-bond donors (Lipinski definition) is 1. The maximum Gasteiger partial charge on any atom is 0.373 e. The zero-order chi connectivity index (χ0) is 13.8. The topological polar surface area (TPSA) is 89.4 Å². The van der Waals surface area contributed by atoms with Crippen molar-refractivity contribution in [3.8, 4) is 5.75 Å². The number of ether oxygens (including phenoxy) is 1. The summed E-state index contributed by atoms with van der Waals surface area (Å²) in [7, 11) is 0. The summed E-state index contributed by atoms with van der Waals surface area (Å²) in [5, 5.41) is 8.69. The minimum atomic E-state index is -1.36. The van der Waals surface area contributed by atoms with Gasteiger partial charge in [0.25, 0.3) is 0 Å². The maximum atomic E-state index is 12.9. The molecule has 2 rings (SSSR count). The van der Waals surface area contributed by atoms with Crippen molar-refractivity contribution in [2.45, 2.75) is 0 Å². The van der Waals surface area contributed by atoms with E-state index in [9.17, 15) is 14.0 Å². The Morgan fingerprint density at radius 1 is 1.26 bits per heavy atom. The molecule has 19 heavy (non-hydrogen) atoms. The second-order valence-electron chi connectivity index (χ2n) is 3.42. The lowest BCUT2D eigenvalue weighted by Crippen LogP contribution is -2.14. The standard InChI is InChI=1S/C12H7FN2O4/c13-7-2-1-3-8(6-7)19-12(18)9-4-5-14-10(15-9)11(16)17/h1-6H,(H,16,17). The van der Waals surface area contributed by atoms with Crippen LogP contribution in [-0.2, 0) is 0 Å². The van der Waals surface area contributed by atoms with Crippen LogP contribution in [0.15, 0.2) is 36.5 Å². The van der Waals surface area contributed by atoms with E-state index < -0.39 is 23.6 Å². The van der Waals surface area contributed by atoms with E-state index in [1.807, 2.05) is 0 Å². The highest BCUT2D eigenvalue weighted by Crippen LogP contribution is 2.13. The molecule has 0 bridgehead atoms. The SMILES string of the molecule is O=C(Oc1cccc(F)c1)c1ccnc(C(=O)O)n1. The Balaban J connectivity index is 2.20. The van der Waals surface area contributed by atoms with Crippen LogP contribution < -0.4 is 4.74 Å². The molecule has 0 atom stereocenters. The molecule has 0 aliphatic rings. The summed E-state index contributed by atoms with van der Waals surface area (Å²) in [5.74, 6) is -3.33. The molecule has 0 saturated carbocycles. The fourth-order valence-corrected chi connectivity index (χ4v) is 1.27. The van der Waals surface area contributed by atoms with Gasteiger partial charge in [-0.05, 0) is 18.2 Å². The zero-order valence-corrected chi connectivity index (χ0v) is 9.41. The van der Waals surface area contributed by atoms with Gasteiger partial charge in [-0.2, -0.15) is 0 Å². The van der Waals surface area contributed by atoms with E-state index >= 15 is 0 Å². The first-order valence-corrected chi connectivity index (χ1v) is 5.10. The Hall–Kier alpha value is -2.83. The number of nitrogens with zero attached hydrogens (tertiary/aromatic N) is 2. The van der Waals surface area contributed by atoms with E-state index in [4.69, 9.17) is 9.84 Å². The van der Waals surface area contributed by atoms with Gasteiger partial charge in [0.2, 0.25) is 5.82 Å². The minimum absolute atomic E-state index is 0.000451. The fraction of sp³-hybridized carbons (Fsp3) is 0. The van der Waals surface area contributed by atoms with E-state index in [0.717, 1.165) is 12.3 Å². The van der Waals surface area contributed by atoms with E-state index in [2.05, 4.69) is 9.97 Å². The van der Waals surface area contributed by atoms with Gasteiger partial charge in [0, 0.05) is 12.3 Å². The van der Waals surface area contributed by atoms with Gasteiger partial charge in [0.05, 0.1) is 0 Å². The Bertz CT molecular complexity index is 645. The summed E-state index contributed by atoms with van der Waals surface area (Å²) < 4.78 is 17.7. The van der Waals surface area contributed by atoms with Crippen molar-refractivity contribution in [2.75, 3.05) is 0 Å². The number of hydrogen-bond acceptors (Lipinski definition) is 5. The van der Waals surface area contributed by atoms with Crippen LogP contribution in [0.1, 0.15) is 21.1 Å². The second kappa shape index (κ2) is 5.21. The van der Waals surface area contributed by atoms with Gasteiger partial charge in [0.15, 0.2) is 5.69 Å². The lowest BCUT2D eigenvalue weighted by Gasteiger charge is -2.03. The molecule has 0 spiro atoms. The van der Waals surface area contributed by atoms with E-state index in [1.165, 1.54) is 24.3 Å². The zero-order valence-electron chi connectivity index (χ0n) is 9.41. The molecule has 0 fully saturated rings. The molecule has 1 aromatic carbocycles. The molecule has 7 heteroatoms. The van der Waals surface area contributed by atoms with Gasteiger partial charge in [-0.1, -0.05) is 6.07 Å². The molecule has 1 N–H and O–H groups in total. The van der Waals surface area contributed by atoms with Crippen LogP contribution in [0.5, 0.6) is 5.75 Å². The summed E-state index contributed by atoms with van der Waals surface area (Å²) in [6.45, 7) is 0. The Labute approximate surface area is 106 Å². The third-order valence-electron chi connectivity index (χ3n) is 2.06. The third-order valence-corrected chi connectivity index (χ3v) is 2.06. The quantitative estimate of drug-likeness (QED) is 0.666. The highest BCUT2D eigenvalue weighted by molar-refractivity contribution is 5.90. The van der Waals surface area contributed by atoms with Crippen LogP contribution in [-0.4, -0.2) is 27.0 Å². The summed E-state index contributed by atoms with van der Waals surface area (Å²) in [6, 6.07) is 6.19. The minimum Gasteiger partial charge on any atom is -0.475 e.